The van der Waals surface area contributed by atoms with Crippen LogP contribution in [0.5, 0.6) is 0 Å². The molecule has 0 radical (unpaired) electrons. The van der Waals surface area contributed by atoms with Gasteiger partial charge in [-0.2, -0.15) is 0 Å². The van der Waals surface area contributed by atoms with Gasteiger partial charge in [-0.1, -0.05) is 48.0 Å². The predicted octanol–water partition coefficient (Wildman–Crippen LogP) is 3.15. The van der Waals surface area contributed by atoms with Crippen molar-refractivity contribution in [3.05, 3.63) is 42.0 Å². The molecule has 37 heavy (non-hydrogen) atoms. The Labute approximate surface area is 227 Å². The van der Waals surface area contributed by atoms with Gasteiger partial charge in [0, 0.05) is 17.1 Å². The van der Waals surface area contributed by atoms with Gasteiger partial charge in [-0.25, -0.2) is 0 Å². The van der Waals surface area contributed by atoms with Crippen LogP contribution < -0.4 is 4.90 Å². The first-order valence-corrected chi connectivity index (χ1v) is 13.9. The van der Waals surface area contributed by atoms with Crippen LogP contribution in [0.4, 0.5) is 5.69 Å². The molecule has 3 unspecified atom stereocenters. The van der Waals surface area contributed by atoms with E-state index >= 15 is 0 Å². The van der Waals surface area contributed by atoms with Crippen LogP contribution >= 0.6 is 15.9 Å². The highest BCUT2D eigenvalue weighted by molar-refractivity contribution is 9.09. The fourth-order valence-electron chi connectivity index (χ4n) is 6.43. The lowest BCUT2D eigenvalue weighted by atomic mass is 9.70. The molecule has 2 bridgehead atoms. The van der Waals surface area contributed by atoms with Crippen molar-refractivity contribution in [1.29, 1.82) is 0 Å². The van der Waals surface area contributed by atoms with Gasteiger partial charge >= 0.3 is 5.97 Å². The highest BCUT2D eigenvalue weighted by Gasteiger charge is 2.77. The number of nitrogens with zero attached hydrogens (tertiary/aromatic N) is 2. The van der Waals surface area contributed by atoms with Gasteiger partial charge in [0.05, 0.1) is 37.2 Å². The van der Waals surface area contributed by atoms with Crippen molar-refractivity contribution in [2.45, 2.75) is 69.7 Å². The van der Waals surface area contributed by atoms with E-state index < -0.39 is 41.6 Å². The Bertz CT molecular complexity index is 1090. The topological polar surface area (TPSA) is 96.4 Å². The average molecular weight is 578 g/mol. The Kier molecular flexibility index (Phi) is 7.89. The van der Waals surface area contributed by atoms with E-state index in [4.69, 9.17) is 9.47 Å². The zero-order chi connectivity index (χ0) is 27.2. The Morgan fingerprint density at radius 3 is 2.68 bits per heavy atom. The number of rotatable bonds is 9. The maximum absolute atomic E-state index is 14.6. The quantitative estimate of drug-likeness (QED) is 0.275. The second kappa shape index (κ2) is 10.5. The van der Waals surface area contributed by atoms with Gasteiger partial charge in [0.2, 0.25) is 5.91 Å². The van der Waals surface area contributed by atoms with Gasteiger partial charge in [-0.3, -0.25) is 14.4 Å². The molecule has 3 heterocycles. The number of amides is 2. The van der Waals surface area contributed by atoms with Crippen LogP contribution in [0.1, 0.15) is 38.3 Å². The summed E-state index contributed by atoms with van der Waals surface area (Å²) >= 11 is 3.67. The maximum atomic E-state index is 14.6. The van der Waals surface area contributed by atoms with Gasteiger partial charge in [-0.15, -0.1) is 6.58 Å². The molecule has 2 amide bonds. The molecule has 0 aliphatic carbocycles. The first kappa shape index (κ1) is 27.8. The number of hydrogen-bond acceptors (Lipinski definition) is 6. The van der Waals surface area contributed by atoms with E-state index in [9.17, 15) is 19.5 Å². The highest BCUT2D eigenvalue weighted by Crippen LogP contribution is 2.61. The van der Waals surface area contributed by atoms with E-state index in [-0.39, 0.29) is 42.3 Å². The molecule has 3 saturated heterocycles. The van der Waals surface area contributed by atoms with E-state index in [2.05, 4.69) is 22.5 Å². The van der Waals surface area contributed by atoms with Crippen LogP contribution in [0, 0.1) is 31.6 Å². The zero-order valence-corrected chi connectivity index (χ0v) is 23.7. The number of benzene rings is 1. The third-order valence-electron chi connectivity index (χ3n) is 8.07. The molecule has 4 rings (SSSR count). The van der Waals surface area contributed by atoms with Crippen molar-refractivity contribution in [2.75, 3.05) is 24.7 Å². The molecular formula is C28H37BrN2O6. The fraction of sp³-hybridized carbons (Fsp3) is 0.607. The number of halogens is 1. The summed E-state index contributed by atoms with van der Waals surface area (Å²) in [5.41, 5.74) is 1.42. The molecule has 1 aromatic rings. The average Bonchev–Trinajstić information content (AvgIpc) is 3.43. The number of aliphatic hydroxyl groups excluding tert-OH is 1. The summed E-state index contributed by atoms with van der Waals surface area (Å²) in [5.74, 6) is -2.97. The van der Waals surface area contributed by atoms with Gasteiger partial charge in [0.25, 0.3) is 5.91 Å². The minimum atomic E-state index is -1.22. The number of ether oxygens (including phenoxy) is 2. The third kappa shape index (κ3) is 4.33. The van der Waals surface area contributed by atoms with Crippen molar-refractivity contribution in [1.82, 2.24) is 4.90 Å². The number of esters is 1. The van der Waals surface area contributed by atoms with Crippen molar-refractivity contribution in [2.24, 2.45) is 17.8 Å². The lowest BCUT2D eigenvalue weighted by Crippen LogP contribution is -2.60. The van der Waals surface area contributed by atoms with Crippen LogP contribution in [0.25, 0.3) is 0 Å². The first-order chi connectivity index (χ1) is 17.5. The molecule has 3 fully saturated rings. The van der Waals surface area contributed by atoms with Gasteiger partial charge in [0.15, 0.2) is 0 Å². The Morgan fingerprint density at radius 1 is 1.38 bits per heavy atom. The molecule has 0 aromatic heterocycles. The van der Waals surface area contributed by atoms with E-state index in [0.29, 0.717) is 6.42 Å². The molecule has 7 atom stereocenters. The Hall–Kier alpha value is -2.23. The number of aliphatic hydroxyl groups is 1. The Morgan fingerprint density at radius 2 is 2.08 bits per heavy atom. The lowest BCUT2D eigenvalue weighted by molar-refractivity contribution is -0.155. The van der Waals surface area contributed by atoms with Crippen LogP contribution in [0.2, 0.25) is 0 Å². The van der Waals surface area contributed by atoms with Crippen LogP contribution in [0.3, 0.4) is 0 Å². The number of alkyl halides is 1. The highest BCUT2D eigenvalue weighted by atomic mass is 79.9. The summed E-state index contributed by atoms with van der Waals surface area (Å²) in [6.45, 7) is 13.4. The van der Waals surface area contributed by atoms with E-state index in [0.717, 1.165) is 16.8 Å². The van der Waals surface area contributed by atoms with Crippen molar-refractivity contribution in [3.8, 4) is 0 Å². The first-order valence-electron chi connectivity index (χ1n) is 12.9. The summed E-state index contributed by atoms with van der Waals surface area (Å²) < 4.78 is 11.9. The van der Waals surface area contributed by atoms with Gasteiger partial charge < -0.3 is 24.4 Å². The monoisotopic (exact) mass is 576 g/mol. The molecule has 3 aliphatic rings. The number of carbonyl (C=O) groups excluding carboxylic acids is 3. The summed E-state index contributed by atoms with van der Waals surface area (Å²) in [7, 11) is 0. The van der Waals surface area contributed by atoms with Crippen LogP contribution in [-0.4, -0.2) is 76.2 Å². The number of fused-ring (bicyclic) bond motifs is 1. The summed E-state index contributed by atoms with van der Waals surface area (Å²) in [6.07, 6.45) is 1.47. The second-order valence-electron chi connectivity index (χ2n) is 10.7. The molecule has 1 N–H and O–H groups in total. The van der Waals surface area contributed by atoms with Crippen molar-refractivity contribution < 1.29 is 29.0 Å². The van der Waals surface area contributed by atoms with Gasteiger partial charge in [0.1, 0.15) is 11.6 Å². The maximum Gasteiger partial charge on any atom is 0.312 e. The van der Waals surface area contributed by atoms with Gasteiger partial charge in [-0.05, 0) is 50.3 Å². The summed E-state index contributed by atoms with van der Waals surface area (Å²) in [5, 5.41) is 10.4. The SMILES string of the molecule is C=CCN(C(=O)C1N([C@@H](CO)C(C)C)C(=O)[C@@H]2[C@H](C(=O)OCC)[C@H]3OC12CC3Br)c1cc(C)ccc1C. The smallest absolute Gasteiger partial charge is 0.312 e. The summed E-state index contributed by atoms with van der Waals surface area (Å²) in [6, 6.07) is 4.25. The van der Waals surface area contributed by atoms with E-state index in [1.54, 1.807) is 17.9 Å². The molecular weight excluding hydrogens is 540 g/mol. The number of anilines is 1. The van der Waals surface area contributed by atoms with Crippen molar-refractivity contribution >= 4 is 39.4 Å². The molecule has 8 nitrogen and oxygen atoms in total. The standard InChI is InChI=1S/C28H37BrN2O6/c1-7-11-30(19-12-16(5)9-10-17(19)6)26(34)24-28-13-18(29)23(37-28)21(27(35)36-8-2)22(28)25(33)31(24)20(14-32)15(3)4/h7,9-10,12,15,18,20-24,32H,1,8,11,13-14H2,2-6H3/t18?,20-,21-,22-,23-,24?,28?/m0/s1. The van der Waals surface area contributed by atoms with E-state index in [1.165, 1.54) is 4.90 Å². The molecule has 1 spiro atoms. The number of hydrogen-bond donors (Lipinski definition) is 1. The number of carbonyl (C=O) groups is 3. The molecule has 3 aliphatic heterocycles. The fourth-order valence-corrected chi connectivity index (χ4v) is 7.37. The Balaban J connectivity index is 1.88. The molecule has 9 heteroatoms. The predicted molar refractivity (Wildman–Crippen MR) is 143 cm³/mol. The summed E-state index contributed by atoms with van der Waals surface area (Å²) in [4.78, 5) is 44.8. The van der Waals surface area contributed by atoms with Crippen LogP contribution in [0.15, 0.2) is 30.9 Å². The molecule has 0 saturated carbocycles. The number of likely N-dealkylation sites (tertiary alicyclic amines) is 1. The minimum absolute atomic E-state index is 0.133. The van der Waals surface area contributed by atoms with E-state index in [1.807, 2.05) is 45.9 Å². The molecule has 1 aromatic carbocycles. The molecule has 202 valence electrons. The van der Waals surface area contributed by atoms with Crippen LogP contribution in [-0.2, 0) is 23.9 Å². The third-order valence-corrected chi connectivity index (χ3v) is 8.91. The normalized spacial score (nSPS) is 31.0. The second-order valence-corrected chi connectivity index (χ2v) is 11.9. The van der Waals surface area contributed by atoms with Crippen molar-refractivity contribution in [3.63, 3.8) is 0 Å². The zero-order valence-electron chi connectivity index (χ0n) is 22.1. The largest absolute Gasteiger partial charge is 0.466 e. The number of aryl methyl sites for hydroxylation is 2. The lowest BCUT2D eigenvalue weighted by Gasteiger charge is -2.40. The minimum Gasteiger partial charge on any atom is -0.466 e.